The van der Waals surface area contributed by atoms with Crippen LogP contribution in [0.15, 0.2) is 18.3 Å². The van der Waals surface area contributed by atoms with Crippen molar-refractivity contribution in [3.63, 3.8) is 0 Å². The van der Waals surface area contributed by atoms with Crippen molar-refractivity contribution in [1.82, 2.24) is 4.98 Å². The lowest BCUT2D eigenvalue weighted by Crippen LogP contribution is -2.31. The van der Waals surface area contributed by atoms with E-state index in [2.05, 4.69) is 9.88 Å². The molecule has 0 saturated carbocycles. The first-order valence-electron chi connectivity index (χ1n) is 6.06. The van der Waals surface area contributed by atoms with Crippen LogP contribution >= 0.6 is 0 Å². The first-order chi connectivity index (χ1) is 8.97. The molecule has 0 radical (unpaired) electrons. The van der Waals surface area contributed by atoms with E-state index >= 15 is 0 Å². The smallest absolute Gasteiger partial charge is 0.357 e. The number of anilines is 2. The number of hydrogen-bond donors (Lipinski definition) is 1. The van der Waals surface area contributed by atoms with Crippen LogP contribution in [0.1, 0.15) is 19.3 Å². The Balaban J connectivity index is 2.00. The lowest BCUT2D eigenvalue weighted by Gasteiger charge is -2.27. The maximum atomic E-state index is 12.1. The normalized spacial score (nSPS) is 16.3. The van der Waals surface area contributed by atoms with Crippen LogP contribution in [0.4, 0.5) is 24.7 Å². The van der Waals surface area contributed by atoms with E-state index in [1.54, 1.807) is 11.4 Å². The quantitative estimate of drug-likeness (QED) is 0.900. The van der Waals surface area contributed by atoms with Gasteiger partial charge in [-0.3, -0.25) is 4.79 Å². The minimum absolute atomic E-state index is 0.0445. The summed E-state index contributed by atoms with van der Waals surface area (Å²) in [6.07, 6.45) is -0.266. The van der Waals surface area contributed by atoms with E-state index in [1.165, 1.54) is 18.7 Å². The highest BCUT2D eigenvalue weighted by molar-refractivity contribution is 5.94. The second-order valence-electron chi connectivity index (χ2n) is 4.40. The Bertz CT molecular complexity index is 439. The van der Waals surface area contributed by atoms with E-state index in [9.17, 15) is 18.0 Å². The Morgan fingerprint density at radius 3 is 2.42 bits per heavy atom. The van der Waals surface area contributed by atoms with Gasteiger partial charge in [-0.25, -0.2) is 4.98 Å². The number of carbonyl (C=O) groups is 1. The van der Waals surface area contributed by atoms with E-state index in [0.29, 0.717) is 0 Å². The largest absolute Gasteiger partial charge is 0.471 e. The zero-order chi connectivity index (χ0) is 13.9. The molecule has 1 amide bonds. The second kappa shape index (κ2) is 5.46. The van der Waals surface area contributed by atoms with E-state index in [-0.39, 0.29) is 5.69 Å². The third-order valence-electron chi connectivity index (χ3n) is 2.94. The predicted octanol–water partition coefficient (Wildman–Crippen LogP) is 2.57. The van der Waals surface area contributed by atoms with Crippen molar-refractivity contribution < 1.29 is 18.0 Å². The monoisotopic (exact) mass is 273 g/mol. The van der Waals surface area contributed by atoms with Gasteiger partial charge in [-0.1, -0.05) is 0 Å². The third-order valence-corrected chi connectivity index (χ3v) is 2.94. The van der Waals surface area contributed by atoms with Gasteiger partial charge in [-0.05, 0) is 31.4 Å². The van der Waals surface area contributed by atoms with Crippen LogP contribution in [0.25, 0.3) is 0 Å². The molecule has 1 aromatic heterocycles. The maximum absolute atomic E-state index is 12.1. The van der Waals surface area contributed by atoms with Gasteiger partial charge in [0.05, 0.1) is 11.9 Å². The number of hydrogen-bond acceptors (Lipinski definition) is 3. The highest BCUT2D eigenvalue weighted by Gasteiger charge is 2.38. The topological polar surface area (TPSA) is 45.2 Å². The molecular formula is C12H14F3N3O. The van der Waals surface area contributed by atoms with E-state index in [1.807, 2.05) is 0 Å². The molecule has 1 aliphatic heterocycles. The fraction of sp³-hybridized carbons (Fsp3) is 0.500. The summed E-state index contributed by atoms with van der Waals surface area (Å²) in [4.78, 5) is 16.9. The average Bonchev–Trinajstić information content (AvgIpc) is 2.39. The van der Waals surface area contributed by atoms with Crippen molar-refractivity contribution in [2.75, 3.05) is 23.3 Å². The van der Waals surface area contributed by atoms with Crippen LogP contribution in [0, 0.1) is 0 Å². The average molecular weight is 273 g/mol. The molecule has 1 aromatic rings. The predicted molar refractivity (Wildman–Crippen MR) is 65.0 cm³/mol. The van der Waals surface area contributed by atoms with Crippen LogP contribution in [-0.4, -0.2) is 30.2 Å². The molecule has 2 heterocycles. The molecular weight excluding hydrogens is 259 g/mol. The van der Waals surface area contributed by atoms with Crippen molar-refractivity contribution >= 4 is 17.4 Å². The van der Waals surface area contributed by atoms with Gasteiger partial charge in [0.1, 0.15) is 5.82 Å². The Morgan fingerprint density at radius 2 is 1.89 bits per heavy atom. The van der Waals surface area contributed by atoms with E-state index in [0.717, 1.165) is 31.7 Å². The van der Waals surface area contributed by atoms with Crippen molar-refractivity contribution in [2.45, 2.75) is 25.4 Å². The molecule has 0 aromatic carbocycles. The lowest BCUT2D eigenvalue weighted by atomic mass is 10.1. The minimum atomic E-state index is -4.88. The van der Waals surface area contributed by atoms with Gasteiger partial charge in [0.15, 0.2) is 0 Å². The first-order valence-corrected chi connectivity index (χ1v) is 6.06. The summed E-state index contributed by atoms with van der Waals surface area (Å²) in [6, 6.07) is 3.05. The van der Waals surface area contributed by atoms with Crippen molar-refractivity contribution in [3.05, 3.63) is 18.3 Å². The first kappa shape index (κ1) is 13.6. The van der Waals surface area contributed by atoms with Crippen molar-refractivity contribution in [3.8, 4) is 0 Å². The highest BCUT2D eigenvalue weighted by atomic mass is 19.4. The van der Waals surface area contributed by atoms with Crippen molar-refractivity contribution in [1.29, 1.82) is 0 Å². The summed E-state index contributed by atoms with van der Waals surface area (Å²) in [5.74, 6) is -1.26. The molecule has 2 rings (SSSR count). The summed E-state index contributed by atoms with van der Waals surface area (Å²) >= 11 is 0. The molecule has 0 unspecified atom stereocenters. The standard InChI is InChI=1S/C12H14F3N3O/c13-12(14,15)11(19)17-9-4-5-10(16-8-9)18-6-2-1-3-7-18/h4-5,8H,1-3,6-7H2,(H,17,19). The summed E-state index contributed by atoms with van der Waals surface area (Å²) in [5, 5.41) is 1.77. The zero-order valence-corrected chi connectivity index (χ0v) is 10.2. The lowest BCUT2D eigenvalue weighted by molar-refractivity contribution is -0.167. The summed E-state index contributed by atoms with van der Waals surface area (Å²) in [7, 11) is 0. The molecule has 0 atom stereocenters. The second-order valence-corrected chi connectivity index (χ2v) is 4.40. The number of pyridine rings is 1. The molecule has 0 bridgehead atoms. The van der Waals surface area contributed by atoms with Gasteiger partial charge in [-0.2, -0.15) is 13.2 Å². The van der Waals surface area contributed by atoms with Gasteiger partial charge in [-0.15, -0.1) is 0 Å². The highest BCUT2D eigenvalue weighted by Crippen LogP contribution is 2.21. The number of nitrogens with zero attached hydrogens (tertiary/aromatic N) is 2. The number of aromatic nitrogens is 1. The Kier molecular flexibility index (Phi) is 3.92. The van der Waals surface area contributed by atoms with Crippen LogP contribution in [-0.2, 0) is 4.79 Å². The number of carbonyl (C=O) groups excluding carboxylic acids is 1. The van der Waals surface area contributed by atoms with E-state index < -0.39 is 12.1 Å². The summed E-state index contributed by atoms with van der Waals surface area (Å²) in [6.45, 7) is 1.81. The number of halogens is 3. The molecule has 19 heavy (non-hydrogen) atoms. The Labute approximate surface area is 108 Å². The van der Waals surface area contributed by atoms with Crippen LogP contribution in [0.3, 0.4) is 0 Å². The van der Waals surface area contributed by atoms with Gasteiger partial charge >= 0.3 is 12.1 Å². The molecule has 4 nitrogen and oxygen atoms in total. The van der Waals surface area contributed by atoms with Crippen molar-refractivity contribution in [2.24, 2.45) is 0 Å². The molecule has 104 valence electrons. The fourth-order valence-corrected chi connectivity index (χ4v) is 1.97. The molecule has 1 fully saturated rings. The van der Waals surface area contributed by atoms with Gasteiger partial charge in [0.2, 0.25) is 0 Å². The maximum Gasteiger partial charge on any atom is 0.471 e. The fourth-order valence-electron chi connectivity index (χ4n) is 1.97. The number of piperidine rings is 1. The van der Waals surface area contributed by atoms with Crippen LogP contribution in [0.2, 0.25) is 0 Å². The molecule has 7 heteroatoms. The molecule has 0 aliphatic carbocycles. The van der Waals surface area contributed by atoms with Crippen LogP contribution < -0.4 is 10.2 Å². The van der Waals surface area contributed by atoms with E-state index in [4.69, 9.17) is 0 Å². The number of amides is 1. The summed E-state index contributed by atoms with van der Waals surface area (Å²) < 4.78 is 36.2. The number of alkyl halides is 3. The summed E-state index contributed by atoms with van der Waals surface area (Å²) in [5.41, 5.74) is 0.0445. The molecule has 0 spiro atoms. The Hall–Kier alpha value is -1.79. The minimum Gasteiger partial charge on any atom is -0.357 e. The van der Waals surface area contributed by atoms with Gasteiger partial charge in [0.25, 0.3) is 0 Å². The van der Waals surface area contributed by atoms with Gasteiger partial charge < -0.3 is 10.2 Å². The van der Waals surface area contributed by atoms with Crippen LogP contribution in [0.5, 0.6) is 0 Å². The number of nitrogens with one attached hydrogen (secondary N) is 1. The SMILES string of the molecule is O=C(Nc1ccc(N2CCCCC2)nc1)C(F)(F)F. The number of rotatable bonds is 2. The van der Waals surface area contributed by atoms with Gasteiger partial charge in [0, 0.05) is 13.1 Å². The zero-order valence-electron chi connectivity index (χ0n) is 10.2. The Morgan fingerprint density at radius 1 is 1.21 bits per heavy atom. The molecule has 1 N–H and O–H groups in total. The molecule has 1 saturated heterocycles. The third kappa shape index (κ3) is 3.59. The molecule has 1 aliphatic rings.